The number of hydrogen-bond acceptors (Lipinski definition) is 4. The first kappa shape index (κ1) is 15.4. The highest BCUT2D eigenvalue weighted by Crippen LogP contribution is 2.22. The van der Waals surface area contributed by atoms with Gasteiger partial charge in [0.05, 0.1) is 10.6 Å². The second-order valence-electron chi connectivity index (χ2n) is 5.27. The standard InChI is InChI=1S/C15H18N2O3S/c1-10(15-11(2)9-14(18)16-17-15)8-12-6-4-5-7-13(12)21(3,19)20/h4-8,11H,9H2,1-3H3,(H,16,18). The number of benzene rings is 1. The van der Waals surface area contributed by atoms with Crippen molar-refractivity contribution in [3.8, 4) is 0 Å². The molecule has 0 saturated carbocycles. The summed E-state index contributed by atoms with van der Waals surface area (Å²) in [7, 11) is -3.29. The van der Waals surface area contributed by atoms with Gasteiger partial charge in [0, 0.05) is 18.6 Å². The number of carbonyl (C=O) groups is 1. The van der Waals surface area contributed by atoms with Crippen molar-refractivity contribution in [3.05, 3.63) is 35.4 Å². The molecule has 1 unspecified atom stereocenters. The minimum atomic E-state index is -3.29. The van der Waals surface area contributed by atoms with E-state index in [1.165, 1.54) is 6.26 Å². The molecule has 1 aromatic rings. The molecular formula is C15H18N2O3S. The summed E-state index contributed by atoms with van der Waals surface area (Å²) in [4.78, 5) is 11.6. The van der Waals surface area contributed by atoms with Crippen molar-refractivity contribution >= 4 is 27.5 Å². The highest BCUT2D eigenvalue weighted by Gasteiger charge is 2.21. The first-order valence-corrected chi connectivity index (χ1v) is 8.52. The number of sulfone groups is 1. The average molecular weight is 306 g/mol. The molecule has 0 saturated heterocycles. The summed E-state index contributed by atoms with van der Waals surface area (Å²) in [6.07, 6.45) is 3.37. The number of nitrogens with one attached hydrogen (secondary N) is 1. The van der Waals surface area contributed by atoms with Gasteiger partial charge in [0.15, 0.2) is 9.84 Å². The van der Waals surface area contributed by atoms with Crippen LogP contribution in [-0.4, -0.2) is 26.3 Å². The summed E-state index contributed by atoms with van der Waals surface area (Å²) in [6, 6.07) is 6.83. The monoisotopic (exact) mass is 306 g/mol. The van der Waals surface area contributed by atoms with Crippen LogP contribution < -0.4 is 5.43 Å². The van der Waals surface area contributed by atoms with Crippen molar-refractivity contribution < 1.29 is 13.2 Å². The SMILES string of the molecule is CC(=Cc1ccccc1S(C)(=O)=O)C1=NNC(=O)CC1C. The molecule has 1 aliphatic heterocycles. The van der Waals surface area contributed by atoms with E-state index in [1.54, 1.807) is 30.3 Å². The van der Waals surface area contributed by atoms with Crippen LogP contribution in [0.15, 0.2) is 39.8 Å². The summed E-state index contributed by atoms with van der Waals surface area (Å²) in [5.41, 5.74) is 4.71. The molecule has 1 amide bonds. The fraction of sp³-hybridized carbons (Fsp3) is 0.333. The number of rotatable bonds is 3. The minimum Gasteiger partial charge on any atom is -0.273 e. The molecule has 0 aromatic heterocycles. The normalized spacial score (nSPS) is 20.0. The number of amides is 1. The maximum atomic E-state index is 11.8. The topological polar surface area (TPSA) is 75.6 Å². The van der Waals surface area contributed by atoms with Crippen molar-refractivity contribution in [1.82, 2.24) is 5.43 Å². The molecular weight excluding hydrogens is 288 g/mol. The Balaban J connectivity index is 2.43. The van der Waals surface area contributed by atoms with Crippen LogP contribution in [0.4, 0.5) is 0 Å². The molecule has 2 rings (SSSR count). The minimum absolute atomic E-state index is 0.0143. The Morgan fingerprint density at radius 3 is 2.67 bits per heavy atom. The first-order chi connectivity index (χ1) is 9.79. The summed E-state index contributed by atoms with van der Waals surface area (Å²) in [5, 5.41) is 4.08. The fourth-order valence-corrected chi connectivity index (χ4v) is 3.26. The third kappa shape index (κ3) is 3.58. The van der Waals surface area contributed by atoms with Gasteiger partial charge in [-0.15, -0.1) is 0 Å². The summed E-state index contributed by atoms with van der Waals surface area (Å²) in [5.74, 6) is -0.0871. The Bertz CT molecular complexity index is 733. The van der Waals surface area contributed by atoms with Gasteiger partial charge in [-0.05, 0) is 30.2 Å². The van der Waals surface area contributed by atoms with Crippen molar-refractivity contribution in [2.75, 3.05) is 6.26 Å². The maximum Gasteiger partial charge on any atom is 0.240 e. The Hall–Kier alpha value is -1.95. The maximum absolute atomic E-state index is 11.8. The molecule has 0 aliphatic carbocycles. The first-order valence-electron chi connectivity index (χ1n) is 6.63. The largest absolute Gasteiger partial charge is 0.273 e. The Kier molecular flexibility index (Phi) is 4.27. The van der Waals surface area contributed by atoms with Crippen molar-refractivity contribution in [3.63, 3.8) is 0 Å². The van der Waals surface area contributed by atoms with Gasteiger partial charge in [0.2, 0.25) is 5.91 Å². The van der Waals surface area contributed by atoms with Gasteiger partial charge in [0.1, 0.15) is 0 Å². The van der Waals surface area contributed by atoms with Gasteiger partial charge < -0.3 is 0 Å². The molecule has 6 heteroatoms. The third-order valence-electron chi connectivity index (χ3n) is 3.35. The van der Waals surface area contributed by atoms with E-state index in [1.807, 2.05) is 13.8 Å². The van der Waals surface area contributed by atoms with E-state index in [-0.39, 0.29) is 16.7 Å². The van der Waals surface area contributed by atoms with Gasteiger partial charge in [0.25, 0.3) is 0 Å². The zero-order valence-electron chi connectivity index (χ0n) is 12.3. The zero-order chi connectivity index (χ0) is 15.6. The molecule has 1 atom stereocenters. The number of carbonyl (C=O) groups excluding carboxylic acids is 1. The lowest BCUT2D eigenvalue weighted by atomic mass is 9.93. The van der Waals surface area contributed by atoms with E-state index in [4.69, 9.17) is 0 Å². The zero-order valence-corrected chi connectivity index (χ0v) is 13.1. The molecule has 112 valence electrons. The van der Waals surface area contributed by atoms with Gasteiger partial charge in [-0.1, -0.05) is 25.1 Å². The van der Waals surface area contributed by atoms with Crippen LogP contribution in [0.25, 0.3) is 6.08 Å². The lowest BCUT2D eigenvalue weighted by Gasteiger charge is -2.19. The predicted molar refractivity (Wildman–Crippen MR) is 82.6 cm³/mol. The molecule has 21 heavy (non-hydrogen) atoms. The molecule has 1 aliphatic rings. The number of allylic oxidation sites excluding steroid dienone is 1. The molecule has 0 radical (unpaired) electrons. The van der Waals surface area contributed by atoms with E-state index in [9.17, 15) is 13.2 Å². The second-order valence-corrected chi connectivity index (χ2v) is 7.26. The lowest BCUT2D eigenvalue weighted by Crippen LogP contribution is -2.31. The van der Waals surface area contributed by atoms with Crippen LogP contribution in [-0.2, 0) is 14.6 Å². The van der Waals surface area contributed by atoms with Crippen molar-refractivity contribution in [1.29, 1.82) is 0 Å². The summed E-state index contributed by atoms with van der Waals surface area (Å²) in [6.45, 7) is 3.79. The highest BCUT2D eigenvalue weighted by atomic mass is 32.2. The Labute approximate surface area is 124 Å². The van der Waals surface area contributed by atoms with E-state index in [0.717, 1.165) is 11.3 Å². The number of hydrazone groups is 1. The average Bonchev–Trinajstić information content (AvgIpc) is 2.37. The molecule has 0 bridgehead atoms. The van der Waals surface area contributed by atoms with Crippen LogP contribution in [0.3, 0.4) is 0 Å². The molecule has 1 N–H and O–H groups in total. The molecule has 1 heterocycles. The van der Waals surface area contributed by atoms with Gasteiger partial charge in [-0.3, -0.25) is 4.79 Å². The van der Waals surface area contributed by atoms with Gasteiger partial charge >= 0.3 is 0 Å². The Morgan fingerprint density at radius 2 is 2.05 bits per heavy atom. The number of nitrogens with zero attached hydrogens (tertiary/aromatic N) is 1. The third-order valence-corrected chi connectivity index (χ3v) is 4.52. The molecule has 0 fully saturated rings. The summed E-state index contributed by atoms with van der Waals surface area (Å²) >= 11 is 0. The predicted octanol–water partition coefficient (Wildman–Crippen LogP) is 2.01. The second kappa shape index (κ2) is 5.81. The number of hydrogen-bond donors (Lipinski definition) is 1. The fourth-order valence-electron chi connectivity index (χ4n) is 2.37. The van der Waals surface area contributed by atoms with E-state index < -0.39 is 9.84 Å². The van der Waals surface area contributed by atoms with Gasteiger partial charge in [-0.25, -0.2) is 13.8 Å². The Morgan fingerprint density at radius 1 is 1.38 bits per heavy atom. The highest BCUT2D eigenvalue weighted by molar-refractivity contribution is 7.90. The van der Waals surface area contributed by atoms with Crippen LogP contribution in [0, 0.1) is 5.92 Å². The van der Waals surface area contributed by atoms with Crippen LogP contribution >= 0.6 is 0 Å². The van der Waals surface area contributed by atoms with Crippen molar-refractivity contribution in [2.45, 2.75) is 25.2 Å². The smallest absolute Gasteiger partial charge is 0.240 e. The molecule has 1 aromatic carbocycles. The van der Waals surface area contributed by atoms with Crippen LogP contribution in [0.2, 0.25) is 0 Å². The molecule has 0 spiro atoms. The lowest BCUT2D eigenvalue weighted by molar-refractivity contribution is -0.121. The van der Waals surface area contributed by atoms with Crippen molar-refractivity contribution in [2.24, 2.45) is 11.0 Å². The van der Waals surface area contributed by atoms with E-state index in [2.05, 4.69) is 10.5 Å². The summed E-state index contributed by atoms with van der Waals surface area (Å²) < 4.78 is 23.6. The molecule has 5 nitrogen and oxygen atoms in total. The quantitative estimate of drug-likeness (QED) is 0.928. The van der Waals surface area contributed by atoms with Crippen LogP contribution in [0.1, 0.15) is 25.8 Å². The van der Waals surface area contributed by atoms with E-state index in [0.29, 0.717) is 12.0 Å². The van der Waals surface area contributed by atoms with E-state index >= 15 is 0 Å². The van der Waals surface area contributed by atoms with Gasteiger partial charge in [-0.2, -0.15) is 5.10 Å². The van der Waals surface area contributed by atoms with Crippen LogP contribution in [0.5, 0.6) is 0 Å².